The van der Waals surface area contributed by atoms with Crippen molar-refractivity contribution in [2.75, 3.05) is 7.05 Å². The molecule has 1 aromatic carbocycles. The topological polar surface area (TPSA) is 68.8 Å². The molecule has 0 spiro atoms. The van der Waals surface area contributed by atoms with Crippen LogP contribution in [0, 0.1) is 6.92 Å². The number of para-hydroxylation sites is 1. The molecule has 3 heterocycles. The normalized spacial score (nSPS) is 11.5. The maximum absolute atomic E-state index is 12.7. The molecule has 4 aromatic rings. The van der Waals surface area contributed by atoms with Crippen LogP contribution >= 0.6 is 11.3 Å². The molecule has 0 saturated carbocycles. The van der Waals surface area contributed by atoms with E-state index >= 15 is 0 Å². The molecule has 132 valence electrons. The maximum Gasteiger partial charge on any atom is 0.296 e. The van der Waals surface area contributed by atoms with Gasteiger partial charge in [-0.2, -0.15) is 10.2 Å². The lowest BCUT2D eigenvalue weighted by Crippen LogP contribution is -2.31. The van der Waals surface area contributed by atoms with Crippen LogP contribution in [0.15, 0.2) is 52.9 Å². The fourth-order valence-corrected chi connectivity index (χ4v) is 3.41. The zero-order valence-corrected chi connectivity index (χ0v) is 15.3. The molecule has 0 N–H and O–H groups in total. The summed E-state index contributed by atoms with van der Waals surface area (Å²) in [7, 11) is 1.94. The number of rotatable bonds is 5. The second-order valence-electron chi connectivity index (χ2n) is 6.18. The van der Waals surface area contributed by atoms with E-state index in [1.165, 1.54) is 4.68 Å². The second kappa shape index (κ2) is 6.81. The van der Waals surface area contributed by atoms with Crippen molar-refractivity contribution in [3.05, 3.63) is 69.2 Å². The second-order valence-corrected chi connectivity index (χ2v) is 7.24. The molecule has 26 heavy (non-hydrogen) atoms. The lowest BCUT2D eigenvalue weighted by Gasteiger charge is -2.15. The Bertz CT molecular complexity index is 1100. The molecule has 3 aromatic heterocycles. The van der Waals surface area contributed by atoms with Gasteiger partial charge in [0, 0.05) is 23.5 Å². The maximum atomic E-state index is 12.7. The van der Waals surface area contributed by atoms with Crippen LogP contribution in [0.5, 0.6) is 0 Å². The fraction of sp³-hybridized carbons (Fsp3) is 0.222. The number of benzene rings is 1. The van der Waals surface area contributed by atoms with Crippen LogP contribution in [-0.2, 0) is 13.2 Å². The highest BCUT2D eigenvalue weighted by Gasteiger charge is 2.12. The van der Waals surface area contributed by atoms with Gasteiger partial charge in [-0.15, -0.1) is 11.3 Å². The van der Waals surface area contributed by atoms with Crippen LogP contribution in [0.3, 0.4) is 0 Å². The average molecular weight is 366 g/mol. The van der Waals surface area contributed by atoms with E-state index in [4.69, 9.17) is 0 Å². The smallest absolute Gasteiger partial charge is 0.281 e. The molecule has 0 fully saturated rings. The molecule has 0 aliphatic carbocycles. The quantitative estimate of drug-likeness (QED) is 0.543. The average Bonchev–Trinajstić information content (AvgIpc) is 3.25. The van der Waals surface area contributed by atoms with Gasteiger partial charge in [0.2, 0.25) is 0 Å². The van der Waals surface area contributed by atoms with E-state index < -0.39 is 0 Å². The summed E-state index contributed by atoms with van der Waals surface area (Å²) in [6.45, 7) is 3.02. The van der Waals surface area contributed by atoms with Gasteiger partial charge in [0.15, 0.2) is 5.52 Å². The van der Waals surface area contributed by atoms with Crippen LogP contribution in [0.25, 0.3) is 16.6 Å². The number of fused-ring (bicyclic) bond motifs is 1. The van der Waals surface area contributed by atoms with E-state index in [2.05, 4.69) is 15.2 Å². The summed E-state index contributed by atoms with van der Waals surface area (Å²) in [4.78, 5) is 19.2. The van der Waals surface area contributed by atoms with Crippen LogP contribution in [0.1, 0.15) is 10.7 Å². The minimum Gasteiger partial charge on any atom is -0.281 e. The molecule has 4 rings (SSSR count). The number of nitrogens with zero attached hydrogens (tertiary/aromatic N) is 6. The number of aryl methyl sites for hydroxylation is 1. The molecule has 0 aliphatic rings. The highest BCUT2D eigenvalue weighted by atomic mass is 32.1. The molecular formula is C18H18N6OS. The van der Waals surface area contributed by atoms with Crippen molar-refractivity contribution in [3.63, 3.8) is 0 Å². The Labute approximate surface area is 154 Å². The zero-order chi connectivity index (χ0) is 18.1. The summed E-state index contributed by atoms with van der Waals surface area (Å²) in [5, 5.41) is 12.5. The Balaban J connectivity index is 1.60. The van der Waals surface area contributed by atoms with Gasteiger partial charge in [0.05, 0.1) is 29.3 Å². The number of aromatic nitrogens is 5. The number of thiazole rings is 1. The summed E-state index contributed by atoms with van der Waals surface area (Å²) < 4.78 is 3.14. The van der Waals surface area contributed by atoms with Crippen LogP contribution in [-0.4, -0.2) is 36.5 Å². The molecular weight excluding hydrogens is 348 g/mol. The third-order valence-electron chi connectivity index (χ3n) is 4.01. The molecule has 0 atom stereocenters. The monoisotopic (exact) mass is 366 g/mol. The molecule has 0 amide bonds. The van der Waals surface area contributed by atoms with Crippen LogP contribution in [0.2, 0.25) is 0 Å². The highest BCUT2D eigenvalue weighted by molar-refractivity contribution is 7.09. The Hall–Kier alpha value is -2.84. The predicted octanol–water partition coefficient (Wildman–Crippen LogP) is 2.44. The molecule has 0 radical (unpaired) electrons. The molecule has 7 nitrogen and oxygen atoms in total. The van der Waals surface area contributed by atoms with E-state index in [9.17, 15) is 4.79 Å². The Morgan fingerprint density at radius 3 is 2.77 bits per heavy atom. The van der Waals surface area contributed by atoms with Gasteiger partial charge in [0.1, 0.15) is 0 Å². The third kappa shape index (κ3) is 3.29. The molecule has 0 aliphatic heterocycles. The summed E-state index contributed by atoms with van der Waals surface area (Å²) in [6, 6.07) is 9.71. The van der Waals surface area contributed by atoms with Crippen molar-refractivity contribution in [2.24, 2.45) is 0 Å². The molecule has 0 saturated heterocycles. The molecule has 0 bridgehead atoms. The van der Waals surface area contributed by atoms with Crippen molar-refractivity contribution < 1.29 is 0 Å². The van der Waals surface area contributed by atoms with E-state index in [0.717, 1.165) is 21.8 Å². The SMILES string of the molecule is Cc1nc(CN(C)Cn2ncc3cn(-c4ccccc4)nc3c2=O)cs1. The van der Waals surface area contributed by atoms with Crippen molar-refractivity contribution in [1.82, 2.24) is 29.4 Å². The van der Waals surface area contributed by atoms with Crippen molar-refractivity contribution >= 4 is 22.2 Å². The number of hydrogen-bond acceptors (Lipinski definition) is 6. The van der Waals surface area contributed by atoms with Gasteiger partial charge in [-0.05, 0) is 26.1 Å². The van der Waals surface area contributed by atoms with Crippen LogP contribution in [0.4, 0.5) is 0 Å². The molecule has 0 unspecified atom stereocenters. The predicted molar refractivity (Wildman–Crippen MR) is 101 cm³/mol. The number of hydrogen-bond donors (Lipinski definition) is 0. The van der Waals surface area contributed by atoms with E-state index in [-0.39, 0.29) is 5.56 Å². The van der Waals surface area contributed by atoms with Gasteiger partial charge < -0.3 is 0 Å². The molecule has 8 heteroatoms. The van der Waals surface area contributed by atoms with E-state index in [1.54, 1.807) is 22.2 Å². The lowest BCUT2D eigenvalue weighted by molar-refractivity contribution is 0.238. The Morgan fingerprint density at radius 2 is 2.04 bits per heavy atom. The van der Waals surface area contributed by atoms with Gasteiger partial charge in [-0.25, -0.2) is 14.3 Å². The largest absolute Gasteiger partial charge is 0.296 e. The Kier molecular flexibility index (Phi) is 4.36. The van der Waals surface area contributed by atoms with Crippen molar-refractivity contribution in [2.45, 2.75) is 20.1 Å². The van der Waals surface area contributed by atoms with Crippen molar-refractivity contribution in [3.8, 4) is 5.69 Å². The summed E-state index contributed by atoms with van der Waals surface area (Å²) in [5.41, 5.74) is 2.13. The van der Waals surface area contributed by atoms with Crippen molar-refractivity contribution in [1.29, 1.82) is 0 Å². The zero-order valence-electron chi connectivity index (χ0n) is 14.5. The minimum atomic E-state index is -0.196. The summed E-state index contributed by atoms with van der Waals surface area (Å²) in [5.74, 6) is 0. The first-order valence-electron chi connectivity index (χ1n) is 8.20. The van der Waals surface area contributed by atoms with E-state index in [0.29, 0.717) is 18.7 Å². The first kappa shape index (κ1) is 16.6. The third-order valence-corrected chi connectivity index (χ3v) is 4.83. The van der Waals surface area contributed by atoms with Gasteiger partial charge in [0.25, 0.3) is 5.56 Å². The summed E-state index contributed by atoms with van der Waals surface area (Å²) >= 11 is 1.62. The van der Waals surface area contributed by atoms with Gasteiger partial charge in [-0.1, -0.05) is 18.2 Å². The Morgan fingerprint density at radius 1 is 1.23 bits per heavy atom. The van der Waals surface area contributed by atoms with Crippen LogP contribution < -0.4 is 5.56 Å². The van der Waals surface area contributed by atoms with Gasteiger partial charge in [-0.3, -0.25) is 9.69 Å². The lowest BCUT2D eigenvalue weighted by atomic mass is 10.3. The first-order chi connectivity index (χ1) is 12.6. The highest BCUT2D eigenvalue weighted by Crippen LogP contribution is 2.12. The first-order valence-corrected chi connectivity index (χ1v) is 9.08. The fourth-order valence-electron chi connectivity index (χ4n) is 2.80. The van der Waals surface area contributed by atoms with E-state index in [1.807, 2.05) is 60.8 Å². The van der Waals surface area contributed by atoms with Gasteiger partial charge >= 0.3 is 0 Å². The minimum absolute atomic E-state index is 0.196. The standard InChI is InChI=1S/C18H18N6OS/c1-13-20-15(11-26-13)10-22(2)12-24-18(25)17-14(8-19-24)9-23(21-17)16-6-4-3-5-7-16/h3-9,11H,10,12H2,1-2H3. The summed E-state index contributed by atoms with van der Waals surface area (Å²) in [6.07, 6.45) is 3.51.